The maximum absolute atomic E-state index is 4.53. The molecule has 1 heterocycles. The summed E-state index contributed by atoms with van der Waals surface area (Å²) in [5, 5.41) is 8.17. The van der Waals surface area contributed by atoms with E-state index in [0.29, 0.717) is 5.92 Å². The van der Waals surface area contributed by atoms with Gasteiger partial charge in [0, 0.05) is 23.3 Å². The van der Waals surface area contributed by atoms with Gasteiger partial charge in [-0.15, -0.1) is 0 Å². The van der Waals surface area contributed by atoms with Crippen molar-refractivity contribution >= 4 is 0 Å². The number of benzene rings is 1. The Morgan fingerprint density at radius 1 is 1.14 bits per heavy atom. The molecule has 1 saturated carbocycles. The standard InChI is InChI=1S/C18H25N3/c1-18(2,3)19-13-14-9-10-16(14)17-11-12-20-21(17)15-7-5-4-6-8-15/h4-8,11-12,14,16,19H,9-10,13H2,1-3H3. The first-order chi connectivity index (χ1) is 10.0. The Morgan fingerprint density at radius 3 is 2.52 bits per heavy atom. The lowest BCUT2D eigenvalue weighted by Crippen LogP contribution is -2.43. The number of para-hydroxylation sites is 1. The molecule has 0 amide bonds. The normalized spacial score (nSPS) is 22.0. The fourth-order valence-corrected chi connectivity index (χ4v) is 3.02. The van der Waals surface area contributed by atoms with E-state index in [1.54, 1.807) is 0 Å². The molecule has 3 rings (SSSR count). The van der Waals surface area contributed by atoms with Gasteiger partial charge >= 0.3 is 0 Å². The predicted molar refractivity (Wildman–Crippen MR) is 86.8 cm³/mol. The lowest BCUT2D eigenvalue weighted by molar-refractivity contribution is 0.219. The Balaban J connectivity index is 1.75. The first-order valence-electron chi connectivity index (χ1n) is 7.89. The molecule has 1 aromatic carbocycles. The number of nitrogens with zero attached hydrogens (tertiary/aromatic N) is 2. The maximum Gasteiger partial charge on any atom is 0.0648 e. The van der Waals surface area contributed by atoms with E-state index in [2.05, 4.69) is 66.2 Å². The zero-order valence-corrected chi connectivity index (χ0v) is 13.2. The van der Waals surface area contributed by atoms with E-state index in [1.165, 1.54) is 18.5 Å². The molecular formula is C18H25N3. The van der Waals surface area contributed by atoms with Gasteiger partial charge in [0.15, 0.2) is 0 Å². The largest absolute Gasteiger partial charge is 0.312 e. The Kier molecular flexibility index (Phi) is 3.85. The van der Waals surface area contributed by atoms with Crippen LogP contribution in [0.25, 0.3) is 5.69 Å². The molecule has 0 bridgehead atoms. The van der Waals surface area contributed by atoms with Gasteiger partial charge in [-0.1, -0.05) is 18.2 Å². The molecule has 3 nitrogen and oxygen atoms in total. The quantitative estimate of drug-likeness (QED) is 0.926. The van der Waals surface area contributed by atoms with Gasteiger partial charge in [0.1, 0.15) is 0 Å². The first kappa shape index (κ1) is 14.3. The molecule has 2 aromatic rings. The van der Waals surface area contributed by atoms with E-state index in [9.17, 15) is 0 Å². The second-order valence-corrected chi connectivity index (χ2v) is 7.08. The highest BCUT2D eigenvalue weighted by Crippen LogP contribution is 2.42. The average Bonchev–Trinajstić information content (AvgIpc) is 2.86. The number of hydrogen-bond acceptors (Lipinski definition) is 2. The van der Waals surface area contributed by atoms with E-state index < -0.39 is 0 Å². The molecule has 1 aliphatic carbocycles. The van der Waals surface area contributed by atoms with Crippen molar-refractivity contribution in [1.82, 2.24) is 15.1 Å². The van der Waals surface area contributed by atoms with E-state index in [1.807, 2.05) is 12.3 Å². The highest BCUT2D eigenvalue weighted by atomic mass is 15.3. The van der Waals surface area contributed by atoms with Gasteiger partial charge < -0.3 is 5.32 Å². The molecule has 0 saturated heterocycles. The smallest absolute Gasteiger partial charge is 0.0648 e. The molecule has 1 aliphatic rings. The minimum atomic E-state index is 0.194. The van der Waals surface area contributed by atoms with Crippen LogP contribution < -0.4 is 5.32 Å². The molecule has 21 heavy (non-hydrogen) atoms. The van der Waals surface area contributed by atoms with Crippen LogP contribution in [-0.4, -0.2) is 21.9 Å². The van der Waals surface area contributed by atoms with Crippen molar-refractivity contribution in [1.29, 1.82) is 0 Å². The summed E-state index contributed by atoms with van der Waals surface area (Å²) in [6.07, 6.45) is 4.51. The monoisotopic (exact) mass is 283 g/mol. The van der Waals surface area contributed by atoms with Crippen LogP contribution in [0.4, 0.5) is 0 Å². The summed E-state index contributed by atoms with van der Waals surface area (Å²) in [6.45, 7) is 7.78. The number of hydrogen-bond donors (Lipinski definition) is 1. The molecule has 3 heteroatoms. The summed E-state index contributed by atoms with van der Waals surface area (Å²) in [6, 6.07) is 12.6. The molecule has 0 spiro atoms. The van der Waals surface area contributed by atoms with Crippen molar-refractivity contribution in [2.75, 3.05) is 6.54 Å². The van der Waals surface area contributed by atoms with Crippen LogP contribution in [0.15, 0.2) is 42.6 Å². The van der Waals surface area contributed by atoms with Crippen molar-refractivity contribution in [3.63, 3.8) is 0 Å². The van der Waals surface area contributed by atoms with Crippen LogP contribution in [0.2, 0.25) is 0 Å². The summed E-state index contributed by atoms with van der Waals surface area (Å²) < 4.78 is 2.11. The molecule has 0 radical (unpaired) electrons. The molecule has 2 unspecified atom stereocenters. The van der Waals surface area contributed by atoms with Crippen molar-refractivity contribution in [3.05, 3.63) is 48.3 Å². The molecular weight excluding hydrogens is 258 g/mol. The van der Waals surface area contributed by atoms with Crippen LogP contribution in [0.5, 0.6) is 0 Å². The summed E-state index contributed by atoms with van der Waals surface area (Å²) in [5.41, 5.74) is 2.71. The van der Waals surface area contributed by atoms with Gasteiger partial charge in [-0.3, -0.25) is 0 Å². The second-order valence-electron chi connectivity index (χ2n) is 7.08. The van der Waals surface area contributed by atoms with Gasteiger partial charge in [0.2, 0.25) is 0 Å². The first-order valence-corrected chi connectivity index (χ1v) is 7.89. The van der Waals surface area contributed by atoms with Gasteiger partial charge in [-0.2, -0.15) is 5.10 Å². The van der Waals surface area contributed by atoms with E-state index in [0.717, 1.165) is 18.2 Å². The summed E-state index contributed by atoms with van der Waals surface area (Å²) in [4.78, 5) is 0. The average molecular weight is 283 g/mol. The fraction of sp³-hybridized carbons (Fsp3) is 0.500. The van der Waals surface area contributed by atoms with Crippen LogP contribution >= 0.6 is 0 Å². The minimum Gasteiger partial charge on any atom is -0.312 e. The summed E-state index contributed by atoms with van der Waals surface area (Å²) in [7, 11) is 0. The predicted octanol–water partition coefficient (Wildman–Crippen LogP) is 3.75. The Morgan fingerprint density at radius 2 is 1.90 bits per heavy atom. The lowest BCUT2D eigenvalue weighted by Gasteiger charge is -2.39. The van der Waals surface area contributed by atoms with Crippen LogP contribution in [0, 0.1) is 5.92 Å². The molecule has 1 aromatic heterocycles. The number of aromatic nitrogens is 2. The highest BCUT2D eigenvalue weighted by Gasteiger charge is 2.34. The molecule has 2 atom stereocenters. The summed E-state index contributed by atoms with van der Waals surface area (Å²) >= 11 is 0. The second kappa shape index (κ2) is 5.64. The van der Waals surface area contributed by atoms with Crippen LogP contribution in [0.1, 0.15) is 45.2 Å². The Labute approximate surface area is 127 Å². The zero-order valence-electron chi connectivity index (χ0n) is 13.2. The molecule has 1 fully saturated rings. The van der Waals surface area contributed by atoms with Gasteiger partial charge in [-0.05, 0) is 64.3 Å². The highest BCUT2D eigenvalue weighted by molar-refractivity contribution is 5.34. The van der Waals surface area contributed by atoms with Crippen molar-refractivity contribution in [2.24, 2.45) is 5.92 Å². The third-order valence-corrected chi connectivity index (χ3v) is 4.36. The lowest BCUT2D eigenvalue weighted by atomic mass is 9.71. The van der Waals surface area contributed by atoms with E-state index in [4.69, 9.17) is 0 Å². The molecule has 112 valence electrons. The van der Waals surface area contributed by atoms with E-state index in [-0.39, 0.29) is 5.54 Å². The zero-order chi connectivity index (χ0) is 14.9. The maximum atomic E-state index is 4.53. The third kappa shape index (κ3) is 3.18. The number of rotatable bonds is 4. The van der Waals surface area contributed by atoms with Crippen molar-refractivity contribution in [2.45, 2.75) is 45.1 Å². The molecule has 0 aliphatic heterocycles. The minimum absolute atomic E-state index is 0.194. The van der Waals surface area contributed by atoms with Crippen LogP contribution in [-0.2, 0) is 0 Å². The van der Waals surface area contributed by atoms with Crippen molar-refractivity contribution < 1.29 is 0 Å². The van der Waals surface area contributed by atoms with Crippen LogP contribution in [0.3, 0.4) is 0 Å². The van der Waals surface area contributed by atoms with E-state index >= 15 is 0 Å². The SMILES string of the molecule is CC(C)(C)NCC1CCC1c1ccnn1-c1ccccc1. The van der Waals surface area contributed by atoms with Gasteiger partial charge in [0.25, 0.3) is 0 Å². The topological polar surface area (TPSA) is 29.9 Å². The van der Waals surface area contributed by atoms with Gasteiger partial charge in [-0.25, -0.2) is 4.68 Å². The third-order valence-electron chi connectivity index (χ3n) is 4.36. The Bertz CT molecular complexity index is 580. The fourth-order valence-electron chi connectivity index (χ4n) is 3.02. The Hall–Kier alpha value is -1.61. The number of nitrogens with one attached hydrogen (secondary N) is 1. The van der Waals surface area contributed by atoms with Crippen molar-refractivity contribution in [3.8, 4) is 5.69 Å². The summed E-state index contributed by atoms with van der Waals surface area (Å²) in [5.74, 6) is 1.35. The molecule has 1 N–H and O–H groups in total. The van der Waals surface area contributed by atoms with Gasteiger partial charge in [0.05, 0.1) is 5.69 Å².